The fourth-order valence-corrected chi connectivity index (χ4v) is 10.1. The van der Waals surface area contributed by atoms with Gasteiger partial charge in [0.25, 0.3) is 0 Å². The molecule has 2 aromatic heterocycles. The maximum Gasteiger partial charge on any atom is 0.309 e. The molecular formula is C51H55BN2OS. The van der Waals surface area contributed by atoms with Crippen molar-refractivity contribution in [3.05, 3.63) is 125 Å². The van der Waals surface area contributed by atoms with Crippen LogP contribution in [0, 0.1) is 6.92 Å². The molecule has 0 bridgehead atoms. The Hall–Kier alpha value is -4.74. The molecule has 0 saturated carbocycles. The monoisotopic (exact) mass is 754 g/mol. The molecule has 2 aliphatic heterocycles. The Bertz CT molecular complexity index is 2500. The summed E-state index contributed by atoms with van der Waals surface area (Å²) in [5, 5.41) is 2.47. The van der Waals surface area contributed by atoms with Gasteiger partial charge in [0.2, 0.25) is 0 Å². The fourth-order valence-electron chi connectivity index (χ4n) is 8.80. The Morgan fingerprint density at radius 2 is 0.946 bits per heavy atom. The number of hydrogen-bond donors (Lipinski definition) is 0. The summed E-state index contributed by atoms with van der Waals surface area (Å²) in [4.78, 5) is 5.08. The van der Waals surface area contributed by atoms with Crippen LogP contribution in [0.1, 0.15) is 111 Å². The van der Waals surface area contributed by atoms with Gasteiger partial charge < -0.3 is 14.2 Å². The van der Waals surface area contributed by atoms with Crippen LogP contribution in [-0.4, -0.2) is 6.71 Å². The Morgan fingerprint density at radius 3 is 1.45 bits per heavy atom. The van der Waals surface area contributed by atoms with Crippen LogP contribution in [-0.2, 0) is 21.7 Å². The number of aryl methyl sites for hydroxylation is 1. The van der Waals surface area contributed by atoms with Crippen molar-refractivity contribution in [2.45, 2.75) is 112 Å². The Morgan fingerprint density at radius 1 is 0.500 bits per heavy atom. The highest BCUT2D eigenvalue weighted by Crippen LogP contribution is 2.50. The van der Waals surface area contributed by atoms with Crippen LogP contribution in [0.2, 0.25) is 0 Å². The van der Waals surface area contributed by atoms with Gasteiger partial charge in [-0.1, -0.05) is 119 Å². The number of furan rings is 1. The lowest BCUT2D eigenvalue weighted by Gasteiger charge is -2.42. The van der Waals surface area contributed by atoms with E-state index in [2.05, 4.69) is 197 Å². The predicted molar refractivity (Wildman–Crippen MR) is 245 cm³/mol. The topological polar surface area (TPSA) is 19.6 Å². The normalized spacial score (nSPS) is 14.4. The van der Waals surface area contributed by atoms with Crippen LogP contribution in [0.15, 0.2) is 101 Å². The first-order valence-electron chi connectivity index (χ1n) is 20.3. The maximum atomic E-state index is 7.24. The number of benzene rings is 5. The van der Waals surface area contributed by atoms with E-state index in [0.717, 1.165) is 22.6 Å². The van der Waals surface area contributed by atoms with Gasteiger partial charge in [0.05, 0.1) is 11.4 Å². The third-order valence-electron chi connectivity index (χ3n) is 12.1. The van der Waals surface area contributed by atoms with Crippen molar-refractivity contribution in [1.82, 2.24) is 0 Å². The molecule has 2 aliphatic rings. The van der Waals surface area contributed by atoms with Gasteiger partial charge in [0, 0.05) is 43.0 Å². The zero-order valence-electron chi connectivity index (χ0n) is 35.5. The fraction of sp³-hybridized carbons (Fsp3) is 0.333. The van der Waals surface area contributed by atoms with Crippen molar-refractivity contribution in [3.8, 4) is 0 Å². The number of anilines is 6. The molecule has 0 fully saturated rings. The standard InChI is InChI=1S/C51H55BN2OS/c1-30-26-39-43-40(27-30)54(36-22-16-32(17-23-36)49(5,6)7)45-38-29-34(51(11,12)13)19-25-42(38)56-47(45)52(43)46-44(37-28-33(50(8,9)10)18-24-41(37)55-46)53(39)35-20-14-31(15-21-35)48(2,3)4/h14-29H,1-13H3. The molecule has 0 atom stereocenters. The molecule has 0 unspecified atom stereocenters. The van der Waals surface area contributed by atoms with Gasteiger partial charge in [-0.15, -0.1) is 11.3 Å². The zero-order valence-corrected chi connectivity index (χ0v) is 36.3. The van der Waals surface area contributed by atoms with Crippen molar-refractivity contribution < 1.29 is 4.42 Å². The Balaban J connectivity index is 1.40. The molecular weight excluding hydrogens is 699 g/mol. The summed E-state index contributed by atoms with van der Waals surface area (Å²) in [7, 11) is 0. The summed E-state index contributed by atoms with van der Waals surface area (Å²) >= 11 is 1.93. The number of fused-ring (bicyclic) bond motifs is 8. The summed E-state index contributed by atoms with van der Waals surface area (Å²) < 4.78 is 9.88. The molecule has 7 aromatic rings. The van der Waals surface area contributed by atoms with Crippen molar-refractivity contribution in [2.24, 2.45) is 0 Å². The number of rotatable bonds is 2. The Kier molecular flexibility index (Phi) is 7.99. The van der Waals surface area contributed by atoms with Gasteiger partial charge in [-0.05, 0) is 123 Å². The molecule has 0 saturated heterocycles. The molecule has 9 rings (SSSR count). The van der Waals surface area contributed by atoms with E-state index >= 15 is 0 Å². The van der Waals surface area contributed by atoms with E-state index < -0.39 is 0 Å². The lowest BCUT2D eigenvalue weighted by atomic mass is 9.38. The van der Waals surface area contributed by atoms with E-state index in [0.29, 0.717) is 0 Å². The molecule has 5 aromatic carbocycles. The summed E-state index contributed by atoms with van der Waals surface area (Å²) in [5.41, 5.74) is 17.1. The van der Waals surface area contributed by atoms with Crippen LogP contribution >= 0.6 is 11.3 Å². The van der Waals surface area contributed by atoms with E-state index in [1.54, 1.807) is 0 Å². The first kappa shape index (κ1) is 36.9. The molecule has 0 aliphatic carbocycles. The molecule has 3 nitrogen and oxygen atoms in total. The van der Waals surface area contributed by atoms with Crippen LogP contribution in [0.5, 0.6) is 0 Å². The van der Waals surface area contributed by atoms with Crippen molar-refractivity contribution in [3.63, 3.8) is 0 Å². The van der Waals surface area contributed by atoms with Crippen LogP contribution in [0.4, 0.5) is 34.1 Å². The molecule has 0 radical (unpaired) electrons. The summed E-state index contributed by atoms with van der Waals surface area (Å²) in [6.07, 6.45) is 0. The van der Waals surface area contributed by atoms with Gasteiger partial charge in [0.15, 0.2) is 0 Å². The van der Waals surface area contributed by atoms with Gasteiger partial charge >= 0.3 is 6.71 Å². The van der Waals surface area contributed by atoms with Gasteiger partial charge in [-0.3, -0.25) is 0 Å². The van der Waals surface area contributed by atoms with E-state index in [9.17, 15) is 0 Å². The zero-order chi connectivity index (χ0) is 39.9. The third-order valence-corrected chi connectivity index (χ3v) is 13.3. The number of nitrogens with zero attached hydrogens (tertiary/aromatic N) is 2. The van der Waals surface area contributed by atoms with Crippen molar-refractivity contribution in [2.75, 3.05) is 9.80 Å². The molecule has 0 N–H and O–H groups in total. The molecule has 56 heavy (non-hydrogen) atoms. The summed E-state index contributed by atoms with van der Waals surface area (Å²) in [5.74, 6) is 0. The molecule has 0 amide bonds. The lowest BCUT2D eigenvalue weighted by Crippen LogP contribution is -2.60. The highest BCUT2D eigenvalue weighted by Gasteiger charge is 2.48. The van der Waals surface area contributed by atoms with Crippen LogP contribution in [0.3, 0.4) is 0 Å². The second-order valence-electron chi connectivity index (χ2n) is 20.5. The largest absolute Gasteiger partial charge is 0.468 e. The minimum atomic E-state index is -0.0678. The van der Waals surface area contributed by atoms with E-state index in [4.69, 9.17) is 4.42 Å². The molecule has 284 valence electrons. The highest BCUT2D eigenvalue weighted by atomic mass is 32.1. The second-order valence-corrected chi connectivity index (χ2v) is 21.5. The summed E-state index contributed by atoms with van der Waals surface area (Å²) in [6, 6.07) is 37.4. The van der Waals surface area contributed by atoms with Crippen molar-refractivity contribution in [1.29, 1.82) is 0 Å². The Labute approximate surface area is 338 Å². The van der Waals surface area contributed by atoms with E-state index in [1.165, 1.54) is 76.3 Å². The summed E-state index contributed by atoms with van der Waals surface area (Å²) in [6.45, 7) is 29.8. The van der Waals surface area contributed by atoms with E-state index in [1.807, 2.05) is 11.3 Å². The number of thiophene rings is 1. The lowest BCUT2D eigenvalue weighted by molar-refractivity contribution is 0.590. The van der Waals surface area contributed by atoms with Crippen molar-refractivity contribution >= 4 is 89.1 Å². The minimum Gasteiger partial charge on any atom is -0.468 e. The third kappa shape index (κ3) is 5.75. The predicted octanol–water partition coefficient (Wildman–Crippen LogP) is 13.2. The SMILES string of the molecule is Cc1cc2c3c(c1)N(c1ccc(C(C)(C)C)cc1)c1c(sc4ccc(C(C)(C)C)cc14)B3c1oc3ccc(C(C)(C)C)cc3c1N2c1ccc(C(C)(C)C)cc1. The van der Waals surface area contributed by atoms with Crippen LogP contribution < -0.4 is 25.7 Å². The quantitative estimate of drug-likeness (QED) is 0.164. The minimum absolute atomic E-state index is 0.00878. The highest BCUT2D eigenvalue weighted by molar-refractivity contribution is 7.33. The van der Waals surface area contributed by atoms with E-state index in [-0.39, 0.29) is 28.4 Å². The molecule has 5 heteroatoms. The van der Waals surface area contributed by atoms with Crippen LogP contribution in [0.25, 0.3) is 21.1 Å². The first-order valence-corrected chi connectivity index (χ1v) is 21.1. The van der Waals surface area contributed by atoms with Gasteiger partial charge in [0.1, 0.15) is 11.2 Å². The average molecular weight is 755 g/mol. The molecule has 0 spiro atoms. The average Bonchev–Trinajstić information content (AvgIpc) is 3.68. The van der Waals surface area contributed by atoms with Gasteiger partial charge in [-0.25, -0.2) is 0 Å². The number of hydrogen-bond acceptors (Lipinski definition) is 4. The molecule has 4 heterocycles. The smallest absolute Gasteiger partial charge is 0.309 e. The maximum absolute atomic E-state index is 7.24. The first-order chi connectivity index (χ1) is 26.2. The second kappa shape index (κ2) is 12.1. The van der Waals surface area contributed by atoms with Gasteiger partial charge in [-0.2, -0.15) is 0 Å².